The second-order valence-corrected chi connectivity index (χ2v) is 6.06. The summed E-state index contributed by atoms with van der Waals surface area (Å²) in [7, 11) is 0. The smallest absolute Gasteiger partial charge is 0.246 e. The first-order chi connectivity index (χ1) is 9.00. The van der Waals surface area contributed by atoms with Crippen molar-refractivity contribution in [2.45, 2.75) is 65.1 Å². The molecule has 0 aromatic rings. The number of amides is 1. The average Bonchev–Trinajstić information content (AvgIpc) is 2.37. The van der Waals surface area contributed by atoms with Gasteiger partial charge in [0.05, 0.1) is 12.2 Å². The molecule has 3 unspecified atom stereocenters. The second-order valence-electron chi connectivity index (χ2n) is 6.06. The summed E-state index contributed by atoms with van der Waals surface area (Å²) in [5.41, 5.74) is 0. The largest absolute Gasteiger partial charge is 0.393 e. The van der Waals surface area contributed by atoms with Crippen molar-refractivity contribution in [2.75, 3.05) is 13.2 Å². The predicted octanol–water partition coefficient (Wildman–Crippen LogP) is 2.10. The zero-order chi connectivity index (χ0) is 14.3. The van der Waals surface area contributed by atoms with Gasteiger partial charge >= 0.3 is 0 Å². The third-order valence-electron chi connectivity index (χ3n) is 3.99. The predicted molar refractivity (Wildman–Crippen MR) is 75.8 cm³/mol. The number of rotatable bonds is 7. The Morgan fingerprint density at radius 2 is 2.05 bits per heavy atom. The Balaban J connectivity index is 2.10. The van der Waals surface area contributed by atoms with Gasteiger partial charge in [0.1, 0.15) is 6.61 Å². The lowest BCUT2D eigenvalue weighted by molar-refractivity contribution is -0.129. The van der Waals surface area contributed by atoms with E-state index in [-0.39, 0.29) is 30.6 Å². The molecule has 1 rings (SSSR count). The van der Waals surface area contributed by atoms with Crippen LogP contribution < -0.4 is 5.32 Å². The van der Waals surface area contributed by atoms with Crippen LogP contribution in [0.3, 0.4) is 0 Å². The topological polar surface area (TPSA) is 58.6 Å². The summed E-state index contributed by atoms with van der Waals surface area (Å²) in [5, 5.41) is 12.4. The van der Waals surface area contributed by atoms with E-state index < -0.39 is 0 Å². The molecule has 3 atom stereocenters. The zero-order valence-electron chi connectivity index (χ0n) is 12.5. The fourth-order valence-electron chi connectivity index (χ4n) is 2.46. The van der Waals surface area contributed by atoms with Crippen LogP contribution in [0.2, 0.25) is 0 Å². The first-order valence-corrected chi connectivity index (χ1v) is 7.57. The highest BCUT2D eigenvalue weighted by atomic mass is 16.5. The number of hydrogen-bond acceptors (Lipinski definition) is 3. The first kappa shape index (κ1) is 16.4. The molecule has 4 heteroatoms. The number of hydrogen-bond donors (Lipinski definition) is 2. The van der Waals surface area contributed by atoms with Crippen LogP contribution in [0.5, 0.6) is 0 Å². The summed E-state index contributed by atoms with van der Waals surface area (Å²) in [6, 6.07) is 0. The Labute approximate surface area is 116 Å². The SMILES string of the molecule is CC(C)C(O)CCNC(=O)COC1CCCCC1C. The van der Waals surface area contributed by atoms with Crippen molar-refractivity contribution in [1.29, 1.82) is 0 Å². The lowest BCUT2D eigenvalue weighted by Gasteiger charge is -2.28. The summed E-state index contributed by atoms with van der Waals surface area (Å²) < 4.78 is 5.69. The van der Waals surface area contributed by atoms with E-state index in [4.69, 9.17) is 4.74 Å². The van der Waals surface area contributed by atoms with Crippen LogP contribution >= 0.6 is 0 Å². The van der Waals surface area contributed by atoms with E-state index in [9.17, 15) is 9.90 Å². The molecule has 0 saturated heterocycles. The van der Waals surface area contributed by atoms with Crippen molar-refractivity contribution in [3.63, 3.8) is 0 Å². The summed E-state index contributed by atoms with van der Waals surface area (Å²) >= 11 is 0. The normalized spacial score (nSPS) is 25.3. The minimum absolute atomic E-state index is 0.0753. The first-order valence-electron chi connectivity index (χ1n) is 7.57. The van der Waals surface area contributed by atoms with Crippen LogP contribution in [0.15, 0.2) is 0 Å². The van der Waals surface area contributed by atoms with E-state index in [1.807, 2.05) is 13.8 Å². The van der Waals surface area contributed by atoms with E-state index in [2.05, 4.69) is 12.2 Å². The van der Waals surface area contributed by atoms with Crippen LogP contribution in [0.25, 0.3) is 0 Å². The van der Waals surface area contributed by atoms with Gasteiger partial charge < -0.3 is 15.2 Å². The second kappa shape index (κ2) is 8.54. The zero-order valence-corrected chi connectivity index (χ0v) is 12.5. The maximum atomic E-state index is 11.6. The standard InChI is InChI=1S/C15H29NO3/c1-11(2)13(17)8-9-16-15(18)10-19-14-7-5-4-6-12(14)3/h11-14,17H,4-10H2,1-3H3,(H,16,18). The van der Waals surface area contributed by atoms with Crippen LogP contribution in [0.4, 0.5) is 0 Å². The Morgan fingerprint density at radius 1 is 1.37 bits per heavy atom. The van der Waals surface area contributed by atoms with E-state index in [0.29, 0.717) is 18.9 Å². The Bertz CT molecular complexity index is 268. The molecule has 1 fully saturated rings. The van der Waals surface area contributed by atoms with E-state index in [0.717, 1.165) is 6.42 Å². The molecule has 1 amide bonds. The van der Waals surface area contributed by atoms with Gasteiger partial charge in [0, 0.05) is 6.54 Å². The lowest BCUT2D eigenvalue weighted by Crippen LogP contribution is -2.34. The van der Waals surface area contributed by atoms with Crippen molar-refractivity contribution in [1.82, 2.24) is 5.32 Å². The number of nitrogens with one attached hydrogen (secondary N) is 1. The maximum Gasteiger partial charge on any atom is 0.246 e. The molecular weight excluding hydrogens is 242 g/mol. The van der Waals surface area contributed by atoms with Crippen LogP contribution in [-0.4, -0.2) is 36.4 Å². The highest BCUT2D eigenvalue weighted by molar-refractivity contribution is 5.77. The molecule has 1 aliphatic carbocycles. The molecule has 0 spiro atoms. The third kappa shape index (κ3) is 6.39. The number of carbonyl (C=O) groups excluding carboxylic acids is 1. The third-order valence-corrected chi connectivity index (χ3v) is 3.99. The van der Waals surface area contributed by atoms with Gasteiger partial charge in [0.25, 0.3) is 0 Å². The number of aliphatic hydroxyl groups excluding tert-OH is 1. The molecule has 0 bridgehead atoms. The quantitative estimate of drug-likeness (QED) is 0.745. The van der Waals surface area contributed by atoms with Gasteiger partial charge in [-0.1, -0.05) is 33.6 Å². The fourth-order valence-corrected chi connectivity index (χ4v) is 2.46. The van der Waals surface area contributed by atoms with Gasteiger partial charge in [-0.05, 0) is 31.1 Å². The monoisotopic (exact) mass is 271 g/mol. The molecule has 19 heavy (non-hydrogen) atoms. The van der Waals surface area contributed by atoms with Gasteiger partial charge in [0.2, 0.25) is 5.91 Å². The van der Waals surface area contributed by atoms with Gasteiger partial charge in [-0.3, -0.25) is 4.79 Å². The summed E-state index contributed by atoms with van der Waals surface area (Å²) in [5.74, 6) is 0.717. The fraction of sp³-hybridized carbons (Fsp3) is 0.933. The Hall–Kier alpha value is -0.610. The van der Waals surface area contributed by atoms with Crippen molar-refractivity contribution in [2.24, 2.45) is 11.8 Å². The highest BCUT2D eigenvalue weighted by Crippen LogP contribution is 2.25. The van der Waals surface area contributed by atoms with Crippen LogP contribution in [0, 0.1) is 11.8 Å². The molecule has 2 N–H and O–H groups in total. The van der Waals surface area contributed by atoms with Gasteiger partial charge in [-0.2, -0.15) is 0 Å². The van der Waals surface area contributed by atoms with Crippen molar-refractivity contribution >= 4 is 5.91 Å². The summed E-state index contributed by atoms with van der Waals surface area (Å²) in [6.45, 7) is 6.80. The Morgan fingerprint density at radius 3 is 2.68 bits per heavy atom. The summed E-state index contributed by atoms with van der Waals surface area (Å²) in [6.07, 6.45) is 5.24. The highest BCUT2D eigenvalue weighted by Gasteiger charge is 2.22. The molecule has 0 aliphatic heterocycles. The van der Waals surface area contributed by atoms with Crippen LogP contribution in [0.1, 0.15) is 52.9 Å². The van der Waals surface area contributed by atoms with Crippen molar-refractivity contribution in [3.05, 3.63) is 0 Å². The Kier molecular flexibility index (Phi) is 7.39. The maximum absolute atomic E-state index is 11.6. The minimum Gasteiger partial charge on any atom is -0.393 e. The number of ether oxygens (including phenoxy) is 1. The molecule has 0 aromatic carbocycles. The number of aliphatic hydroxyl groups is 1. The van der Waals surface area contributed by atoms with E-state index in [1.54, 1.807) is 0 Å². The molecular formula is C15H29NO3. The van der Waals surface area contributed by atoms with E-state index in [1.165, 1.54) is 19.3 Å². The molecule has 0 heterocycles. The van der Waals surface area contributed by atoms with Crippen molar-refractivity contribution < 1.29 is 14.6 Å². The molecule has 1 saturated carbocycles. The molecule has 0 aromatic heterocycles. The van der Waals surface area contributed by atoms with E-state index >= 15 is 0 Å². The summed E-state index contributed by atoms with van der Waals surface area (Å²) in [4.78, 5) is 11.6. The van der Waals surface area contributed by atoms with Crippen molar-refractivity contribution in [3.8, 4) is 0 Å². The van der Waals surface area contributed by atoms with Gasteiger partial charge in [-0.25, -0.2) is 0 Å². The molecule has 0 radical (unpaired) electrons. The molecule has 1 aliphatic rings. The van der Waals surface area contributed by atoms with Gasteiger partial charge in [-0.15, -0.1) is 0 Å². The lowest BCUT2D eigenvalue weighted by atomic mass is 9.88. The van der Waals surface area contributed by atoms with Gasteiger partial charge in [0.15, 0.2) is 0 Å². The molecule has 112 valence electrons. The average molecular weight is 271 g/mol. The minimum atomic E-state index is -0.348. The van der Waals surface area contributed by atoms with Crippen LogP contribution in [-0.2, 0) is 9.53 Å². The molecule has 4 nitrogen and oxygen atoms in total. The number of carbonyl (C=O) groups is 1.